The first kappa shape index (κ1) is 18.1. The van der Waals surface area contributed by atoms with Gasteiger partial charge in [-0.05, 0) is 42.0 Å². The zero-order valence-electron chi connectivity index (χ0n) is 15.4. The summed E-state index contributed by atoms with van der Waals surface area (Å²) in [6, 6.07) is 15.1. The molecule has 0 atom stereocenters. The summed E-state index contributed by atoms with van der Waals surface area (Å²) < 4.78 is 13.7. The maximum atomic E-state index is 12.8. The Hall–Kier alpha value is -3.26. The molecule has 8 heteroatoms. The van der Waals surface area contributed by atoms with Gasteiger partial charge in [-0.3, -0.25) is 13.8 Å². The molecule has 4 aromatic rings. The molecule has 0 aliphatic rings. The number of ether oxygens (including phenoxy) is 2. The lowest BCUT2D eigenvalue weighted by Gasteiger charge is -2.07. The molecule has 0 saturated heterocycles. The molecule has 0 bridgehead atoms. The van der Waals surface area contributed by atoms with Crippen molar-refractivity contribution >= 4 is 17.4 Å². The average Bonchev–Trinajstić information content (AvgIpc) is 3.17. The molecule has 0 saturated carbocycles. The van der Waals surface area contributed by atoms with Crippen LogP contribution >= 0.6 is 11.8 Å². The molecule has 0 aliphatic carbocycles. The molecule has 0 radical (unpaired) electrons. The first-order valence-electron chi connectivity index (χ1n) is 8.56. The molecule has 0 aliphatic heterocycles. The van der Waals surface area contributed by atoms with Gasteiger partial charge in [0.25, 0.3) is 0 Å². The maximum absolute atomic E-state index is 12.8. The number of hydrogen-bond donors (Lipinski definition) is 0. The average molecular weight is 394 g/mol. The van der Waals surface area contributed by atoms with E-state index in [0.29, 0.717) is 10.9 Å². The zero-order valence-corrected chi connectivity index (χ0v) is 16.2. The van der Waals surface area contributed by atoms with Crippen molar-refractivity contribution in [3.05, 3.63) is 76.8 Å². The lowest BCUT2D eigenvalue weighted by molar-refractivity contribution is 0.414. The van der Waals surface area contributed by atoms with Crippen LogP contribution in [0.2, 0.25) is 0 Å². The molecule has 0 fully saturated rings. The summed E-state index contributed by atoms with van der Waals surface area (Å²) in [6.45, 7) is 0. The summed E-state index contributed by atoms with van der Waals surface area (Å²) in [6.07, 6.45) is 3.52. The quantitative estimate of drug-likeness (QED) is 0.468. The van der Waals surface area contributed by atoms with Crippen LogP contribution in [0.25, 0.3) is 11.3 Å². The van der Waals surface area contributed by atoms with E-state index in [1.165, 1.54) is 11.8 Å². The van der Waals surface area contributed by atoms with E-state index in [4.69, 9.17) is 9.47 Å². The topological polar surface area (TPSA) is 70.7 Å². The highest BCUT2D eigenvalue weighted by Gasteiger charge is 2.12. The van der Waals surface area contributed by atoms with Gasteiger partial charge in [0.1, 0.15) is 11.5 Å². The minimum atomic E-state index is -0.228. The normalized spacial score (nSPS) is 10.9. The third-order valence-electron chi connectivity index (χ3n) is 4.29. The van der Waals surface area contributed by atoms with Gasteiger partial charge in [0.2, 0.25) is 5.65 Å². The highest BCUT2D eigenvalue weighted by molar-refractivity contribution is 7.98. The number of methoxy groups -OCH3 is 2. The number of benzene rings is 2. The predicted octanol–water partition coefficient (Wildman–Crippen LogP) is 3.19. The minimum Gasteiger partial charge on any atom is -0.497 e. The molecule has 2 aromatic heterocycles. The Balaban J connectivity index is 1.61. The largest absolute Gasteiger partial charge is 0.497 e. The number of thioether (sulfide) groups is 1. The molecule has 142 valence electrons. The number of hydrogen-bond acceptors (Lipinski definition) is 6. The van der Waals surface area contributed by atoms with E-state index in [-0.39, 0.29) is 11.2 Å². The monoisotopic (exact) mass is 394 g/mol. The van der Waals surface area contributed by atoms with E-state index < -0.39 is 0 Å². The summed E-state index contributed by atoms with van der Waals surface area (Å²) in [5.74, 6) is 2.24. The Kier molecular flexibility index (Phi) is 5.03. The number of fused-ring (bicyclic) bond motifs is 1. The van der Waals surface area contributed by atoms with Crippen LogP contribution in [0.1, 0.15) is 5.56 Å². The van der Waals surface area contributed by atoms with Gasteiger partial charge in [-0.1, -0.05) is 23.9 Å². The lowest BCUT2D eigenvalue weighted by atomic mass is 10.2. The second kappa shape index (κ2) is 7.77. The second-order valence-electron chi connectivity index (χ2n) is 5.99. The summed E-state index contributed by atoms with van der Waals surface area (Å²) >= 11 is 1.51. The van der Waals surface area contributed by atoms with Gasteiger partial charge in [-0.2, -0.15) is 0 Å². The fourth-order valence-corrected chi connectivity index (χ4v) is 3.68. The maximum Gasteiger partial charge on any atom is 0.300 e. The van der Waals surface area contributed by atoms with Crippen LogP contribution in [0.3, 0.4) is 0 Å². The third kappa shape index (κ3) is 3.46. The van der Waals surface area contributed by atoms with Crippen LogP contribution in [0, 0.1) is 0 Å². The van der Waals surface area contributed by atoms with Crippen LogP contribution < -0.4 is 15.0 Å². The molecule has 0 spiro atoms. The summed E-state index contributed by atoms with van der Waals surface area (Å²) in [4.78, 5) is 12.8. The second-order valence-corrected chi connectivity index (χ2v) is 6.93. The van der Waals surface area contributed by atoms with Crippen molar-refractivity contribution in [2.75, 3.05) is 14.2 Å². The van der Waals surface area contributed by atoms with Crippen molar-refractivity contribution in [3.8, 4) is 17.2 Å². The number of nitrogens with zero attached hydrogens (tertiary/aromatic N) is 4. The molecule has 4 rings (SSSR count). The molecule has 0 amide bonds. The summed E-state index contributed by atoms with van der Waals surface area (Å²) in [7, 11) is 3.25. The molecule has 2 aromatic carbocycles. The van der Waals surface area contributed by atoms with Gasteiger partial charge < -0.3 is 9.47 Å². The van der Waals surface area contributed by atoms with E-state index >= 15 is 0 Å². The smallest absolute Gasteiger partial charge is 0.300 e. The van der Waals surface area contributed by atoms with Gasteiger partial charge in [-0.25, -0.2) is 0 Å². The Labute approximate surface area is 165 Å². The standard InChI is InChI=1S/C20H18N4O3S/c1-26-16-8-6-15(7-9-16)23-10-11-24-18(19(23)25)21-22-20(24)28-13-14-4-3-5-17(12-14)27-2/h3-12H,13H2,1-2H3. The van der Waals surface area contributed by atoms with Gasteiger partial charge >= 0.3 is 5.56 Å². The molecule has 7 nitrogen and oxygen atoms in total. The van der Waals surface area contributed by atoms with Crippen molar-refractivity contribution in [2.45, 2.75) is 10.9 Å². The Morgan fingerprint density at radius 2 is 1.75 bits per heavy atom. The highest BCUT2D eigenvalue weighted by Crippen LogP contribution is 2.23. The van der Waals surface area contributed by atoms with E-state index in [0.717, 1.165) is 22.7 Å². The first-order chi connectivity index (χ1) is 13.7. The third-order valence-corrected chi connectivity index (χ3v) is 5.31. The van der Waals surface area contributed by atoms with E-state index in [9.17, 15) is 4.79 Å². The lowest BCUT2D eigenvalue weighted by Crippen LogP contribution is -2.20. The molecule has 2 heterocycles. The molecule has 0 N–H and O–H groups in total. The number of rotatable bonds is 6. The van der Waals surface area contributed by atoms with Crippen molar-refractivity contribution in [2.24, 2.45) is 0 Å². The fourth-order valence-electron chi connectivity index (χ4n) is 2.82. The van der Waals surface area contributed by atoms with Crippen LogP contribution in [0.15, 0.2) is 70.9 Å². The van der Waals surface area contributed by atoms with Gasteiger partial charge in [0, 0.05) is 23.8 Å². The van der Waals surface area contributed by atoms with Crippen molar-refractivity contribution in [1.82, 2.24) is 19.2 Å². The first-order valence-corrected chi connectivity index (χ1v) is 9.54. The van der Waals surface area contributed by atoms with Gasteiger partial charge in [-0.15, -0.1) is 10.2 Å². The Morgan fingerprint density at radius 3 is 2.50 bits per heavy atom. The Bertz CT molecular complexity index is 1170. The van der Waals surface area contributed by atoms with Crippen molar-refractivity contribution in [3.63, 3.8) is 0 Å². The van der Waals surface area contributed by atoms with E-state index in [1.807, 2.05) is 48.5 Å². The Morgan fingerprint density at radius 1 is 0.964 bits per heavy atom. The molecular formula is C20H18N4O3S. The molecule has 0 unspecified atom stereocenters. The molecule has 28 heavy (non-hydrogen) atoms. The molecular weight excluding hydrogens is 376 g/mol. The van der Waals surface area contributed by atoms with Gasteiger partial charge in [0.05, 0.1) is 14.2 Å². The van der Waals surface area contributed by atoms with Crippen LogP contribution in [0.4, 0.5) is 0 Å². The zero-order chi connectivity index (χ0) is 19.5. The predicted molar refractivity (Wildman–Crippen MR) is 108 cm³/mol. The summed E-state index contributed by atoms with van der Waals surface area (Å²) in [5, 5.41) is 8.94. The number of aromatic nitrogens is 4. The van der Waals surface area contributed by atoms with Crippen molar-refractivity contribution < 1.29 is 9.47 Å². The van der Waals surface area contributed by atoms with Crippen LogP contribution in [0.5, 0.6) is 11.5 Å². The van der Waals surface area contributed by atoms with Crippen LogP contribution in [-0.2, 0) is 5.75 Å². The van der Waals surface area contributed by atoms with Crippen molar-refractivity contribution in [1.29, 1.82) is 0 Å². The SMILES string of the molecule is COc1ccc(-n2ccn3c(SCc4cccc(OC)c4)nnc3c2=O)cc1. The minimum absolute atomic E-state index is 0.228. The van der Waals surface area contributed by atoms with Crippen LogP contribution in [-0.4, -0.2) is 33.4 Å². The fraction of sp³-hybridized carbons (Fsp3) is 0.150. The van der Waals surface area contributed by atoms with Gasteiger partial charge in [0.15, 0.2) is 5.16 Å². The van der Waals surface area contributed by atoms with E-state index in [1.54, 1.807) is 35.6 Å². The summed E-state index contributed by atoms with van der Waals surface area (Å²) in [5.41, 5.74) is 1.90. The van der Waals surface area contributed by atoms with E-state index in [2.05, 4.69) is 10.2 Å². The highest BCUT2D eigenvalue weighted by atomic mass is 32.2.